The first kappa shape index (κ1) is 13.7. The summed E-state index contributed by atoms with van der Waals surface area (Å²) in [6.45, 7) is 1.90. The zero-order valence-electron chi connectivity index (χ0n) is 9.45. The Hall–Kier alpha value is -1.38. The summed E-state index contributed by atoms with van der Waals surface area (Å²) in [5.74, 6) is 0. The van der Waals surface area contributed by atoms with E-state index < -0.39 is 0 Å². The lowest BCUT2D eigenvalue weighted by Crippen LogP contribution is -1.87. The van der Waals surface area contributed by atoms with Crippen LogP contribution in [0.15, 0.2) is 42.5 Å². The summed E-state index contributed by atoms with van der Waals surface area (Å²) in [4.78, 5) is 0. The van der Waals surface area contributed by atoms with Gasteiger partial charge in [-0.05, 0) is 42.8 Å². The van der Waals surface area contributed by atoms with Crippen molar-refractivity contribution in [3.05, 3.63) is 58.1 Å². The average molecular weight is 269 g/mol. The van der Waals surface area contributed by atoms with Crippen molar-refractivity contribution in [2.24, 2.45) is 0 Å². The van der Waals surface area contributed by atoms with E-state index in [4.69, 9.17) is 34.7 Å². The summed E-state index contributed by atoms with van der Waals surface area (Å²) in [5, 5.41) is 1.42. The predicted molar refractivity (Wildman–Crippen MR) is 76.5 cm³/mol. The van der Waals surface area contributed by atoms with Crippen LogP contribution < -0.4 is 11.5 Å². The van der Waals surface area contributed by atoms with Crippen LogP contribution in [0.3, 0.4) is 0 Å². The van der Waals surface area contributed by atoms with Crippen LogP contribution in [-0.4, -0.2) is 0 Å². The number of anilines is 2. The summed E-state index contributed by atoms with van der Waals surface area (Å²) in [6, 6.07) is 12.6. The van der Waals surface area contributed by atoms with Crippen LogP contribution in [0.2, 0.25) is 10.0 Å². The molecule has 4 N–H and O–H groups in total. The topological polar surface area (TPSA) is 52.0 Å². The first-order chi connectivity index (χ1) is 8.00. The lowest BCUT2D eigenvalue weighted by Gasteiger charge is -1.98. The number of hydrogen-bond acceptors (Lipinski definition) is 2. The monoisotopic (exact) mass is 268 g/mol. The summed E-state index contributed by atoms with van der Waals surface area (Å²) >= 11 is 11.3. The molecule has 0 radical (unpaired) electrons. The Morgan fingerprint density at radius 2 is 1.59 bits per heavy atom. The largest absolute Gasteiger partial charge is 0.399 e. The van der Waals surface area contributed by atoms with Gasteiger partial charge in [-0.15, -0.1) is 0 Å². The molecule has 0 saturated heterocycles. The van der Waals surface area contributed by atoms with Gasteiger partial charge >= 0.3 is 0 Å². The third-order valence-corrected chi connectivity index (χ3v) is 2.80. The van der Waals surface area contributed by atoms with Crippen LogP contribution in [0, 0.1) is 6.92 Å². The lowest BCUT2D eigenvalue weighted by molar-refractivity contribution is 1.47. The minimum Gasteiger partial charge on any atom is -0.399 e. The number of halogens is 2. The molecule has 2 aromatic rings. The molecule has 2 aromatic carbocycles. The van der Waals surface area contributed by atoms with Gasteiger partial charge in [-0.3, -0.25) is 0 Å². The Balaban J connectivity index is 0.000000171. The Morgan fingerprint density at radius 1 is 0.941 bits per heavy atom. The van der Waals surface area contributed by atoms with Gasteiger partial charge in [0.2, 0.25) is 0 Å². The molecule has 17 heavy (non-hydrogen) atoms. The maximum Gasteiger partial charge on any atom is 0.0455 e. The lowest BCUT2D eigenvalue weighted by atomic mass is 10.2. The fourth-order valence-electron chi connectivity index (χ4n) is 1.13. The van der Waals surface area contributed by atoms with Crippen LogP contribution in [-0.2, 0) is 0 Å². The van der Waals surface area contributed by atoms with Gasteiger partial charge in [-0.2, -0.15) is 0 Å². The Kier molecular flexibility index (Phi) is 5.13. The van der Waals surface area contributed by atoms with Crippen LogP contribution in [0.1, 0.15) is 5.56 Å². The first-order valence-electron chi connectivity index (χ1n) is 5.02. The van der Waals surface area contributed by atoms with E-state index in [1.165, 1.54) is 0 Å². The number of hydrogen-bond donors (Lipinski definition) is 2. The van der Waals surface area contributed by atoms with Gasteiger partial charge in [-0.1, -0.05) is 35.3 Å². The molecule has 0 spiro atoms. The second kappa shape index (κ2) is 6.38. The molecular formula is C13H14Cl2N2. The molecule has 0 aliphatic carbocycles. The van der Waals surface area contributed by atoms with Crippen LogP contribution in [0.25, 0.3) is 0 Å². The second-order valence-corrected chi connectivity index (χ2v) is 4.35. The summed E-state index contributed by atoms with van der Waals surface area (Å²) < 4.78 is 0. The quantitative estimate of drug-likeness (QED) is 0.706. The number of rotatable bonds is 0. The fraction of sp³-hybridized carbons (Fsp3) is 0.0769. The molecule has 0 fully saturated rings. The van der Waals surface area contributed by atoms with E-state index in [-0.39, 0.29) is 0 Å². The number of nitrogens with two attached hydrogens (primary N) is 2. The predicted octanol–water partition coefficient (Wildman–Crippen LogP) is 4.15. The molecule has 0 amide bonds. The third-order valence-electron chi connectivity index (χ3n) is 2.16. The van der Waals surface area contributed by atoms with E-state index in [2.05, 4.69) is 0 Å². The van der Waals surface area contributed by atoms with Crippen molar-refractivity contribution >= 4 is 34.6 Å². The van der Waals surface area contributed by atoms with Crippen molar-refractivity contribution < 1.29 is 0 Å². The normalized spacial score (nSPS) is 9.35. The zero-order chi connectivity index (χ0) is 12.8. The van der Waals surface area contributed by atoms with E-state index in [0.29, 0.717) is 10.7 Å². The van der Waals surface area contributed by atoms with Gasteiger partial charge in [0.1, 0.15) is 0 Å². The molecule has 0 aliphatic rings. The number of benzene rings is 2. The van der Waals surface area contributed by atoms with E-state index in [0.717, 1.165) is 16.3 Å². The van der Waals surface area contributed by atoms with Crippen LogP contribution >= 0.6 is 23.2 Å². The minimum atomic E-state index is 0.685. The molecule has 2 rings (SSSR count). The van der Waals surface area contributed by atoms with Crippen LogP contribution in [0.5, 0.6) is 0 Å². The van der Waals surface area contributed by atoms with Gasteiger partial charge in [0, 0.05) is 21.4 Å². The molecule has 4 heteroatoms. The molecule has 0 aromatic heterocycles. The fourth-order valence-corrected chi connectivity index (χ4v) is 1.51. The highest BCUT2D eigenvalue weighted by atomic mass is 35.5. The molecular weight excluding hydrogens is 255 g/mol. The SMILES string of the molecule is Cc1c(N)cccc1Cl.Nc1cccc(Cl)c1. The standard InChI is InChI=1S/C7H8ClN.C6H6ClN/c1-5-6(8)3-2-4-7(5)9;7-5-2-1-3-6(8)4-5/h2-4H,9H2,1H3;1-4H,8H2. The molecule has 90 valence electrons. The third kappa shape index (κ3) is 4.55. The smallest absolute Gasteiger partial charge is 0.0455 e. The highest BCUT2D eigenvalue weighted by molar-refractivity contribution is 6.31. The maximum atomic E-state index is 5.73. The second-order valence-electron chi connectivity index (χ2n) is 3.51. The van der Waals surface area contributed by atoms with Crippen molar-refractivity contribution in [2.75, 3.05) is 11.5 Å². The molecule has 0 unspecified atom stereocenters. The van der Waals surface area contributed by atoms with Gasteiger partial charge < -0.3 is 11.5 Å². The summed E-state index contributed by atoms with van der Waals surface area (Å²) in [5.41, 5.74) is 13.3. The van der Waals surface area contributed by atoms with Gasteiger partial charge in [0.25, 0.3) is 0 Å². The van der Waals surface area contributed by atoms with Crippen molar-refractivity contribution in [1.29, 1.82) is 0 Å². The van der Waals surface area contributed by atoms with Gasteiger partial charge in [-0.25, -0.2) is 0 Å². The molecule has 0 heterocycles. The molecule has 0 saturated carbocycles. The molecule has 2 nitrogen and oxygen atoms in total. The van der Waals surface area contributed by atoms with E-state index in [1.54, 1.807) is 18.2 Å². The highest BCUT2D eigenvalue weighted by Gasteiger charge is 1.94. The number of nitrogen functional groups attached to an aromatic ring is 2. The Bertz CT molecular complexity index is 461. The highest BCUT2D eigenvalue weighted by Crippen LogP contribution is 2.19. The van der Waals surface area contributed by atoms with Gasteiger partial charge in [0.05, 0.1) is 0 Å². The van der Waals surface area contributed by atoms with Crippen LogP contribution in [0.4, 0.5) is 11.4 Å². The van der Waals surface area contributed by atoms with Crippen molar-refractivity contribution in [3.63, 3.8) is 0 Å². The maximum absolute atomic E-state index is 5.73. The molecule has 0 atom stereocenters. The van der Waals surface area contributed by atoms with Crippen molar-refractivity contribution in [1.82, 2.24) is 0 Å². The van der Waals surface area contributed by atoms with E-state index in [9.17, 15) is 0 Å². The van der Waals surface area contributed by atoms with E-state index >= 15 is 0 Å². The first-order valence-corrected chi connectivity index (χ1v) is 5.78. The molecule has 0 bridgehead atoms. The van der Waals surface area contributed by atoms with Crippen molar-refractivity contribution in [3.8, 4) is 0 Å². The van der Waals surface area contributed by atoms with Gasteiger partial charge in [0.15, 0.2) is 0 Å². The molecule has 0 aliphatic heterocycles. The van der Waals surface area contributed by atoms with E-state index in [1.807, 2.05) is 31.2 Å². The Labute approximate surface area is 111 Å². The van der Waals surface area contributed by atoms with Crippen molar-refractivity contribution in [2.45, 2.75) is 6.92 Å². The average Bonchev–Trinajstić information content (AvgIpc) is 2.26. The minimum absolute atomic E-state index is 0.685. The summed E-state index contributed by atoms with van der Waals surface area (Å²) in [6.07, 6.45) is 0. The Morgan fingerprint density at radius 3 is 2.00 bits per heavy atom. The summed E-state index contributed by atoms with van der Waals surface area (Å²) in [7, 11) is 0. The zero-order valence-corrected chi connectivity index (χ0v) is 11.0.